The van der Waals surface area contributed by atoms with Crippen LogP contribution in [0.4, 0.5) is 18.9 Å². The van der Waals surface area contributed by atoms with E-state index >= 15 is 4.39 Å². The van der Waals surface area contributed by atoms with Crippen molar-refractivity contribution in [2.24, 2.45) is 5.92 Å². The highest BCUT2D eigenvalue weighted by atomic mass is 19.1. The van der Waals surface area contributed by atoms with Crippen molar-refractivity contribution in [1.29, 1.82) is 0 Å². The van der Waals surface area contributed by atoms with E-state index in [2.05, 4.69) is 23.6 Å². The van der Waals surface area contributed by atoms with E-state index in [1.807, 2.05) is 4.90 Å². The van der Waals surface area contributed by atoms with E-state index < -0.39 is 17.6 Å². The third-order valence-corrected chi connectivity index (χ3v) is 9.16. The second-order valence-electron chi connectivity index (χ2n) is 11.7. The Bertz CT molecular complexity index is 1150. The highest BCUT2D eigenvalue weighted by Gasteiger charge is 2.47. The summed E-state index contributed by atoms with van der Waals surface area (Å²) < 4.78 is 48.3. The van der Waals surface area contributed by atoms with Crippen LogP contribution in [0.2, 0.25) is 0 Å². The van der Waals surface area contributed by atoms with Gasteiger partial charge in [-0.15, -0.1) is 0 Å². The molecule has 0 N–H and O–H groups in total. The molecule has 0 aliphatic carbocycles. The quantitative estimate of drug-likeness (QED) is 0.564. The van der Waals surface area contributed by atoms with Crippen molar-refractivity contribution in [2.75, 3.05) is 31.1 Å². The van der Waals surface area contributed by atoms with Crippen LogP contribution < -0.4 is 4.90 Å². The van der Waals surface area contributed by atoms with Gasteiger partial charge in [-0.25, -0.2) is 13.2 Å². The first-order chi connectivity index (χ1) is 18.3. The Morgan fingerprint density at radius 3 is 2.11 bits per heavy atom. The molecule has 204 valence electrons. The summed E-state index contributed by atoms with van der Waals surface area (Å²) in [5.41, 5.74) is 1.36. The zero-order chi connectivity index (χ0) is 26.6. The summed E-state index contributed by atoms with van der Waals surface area (Å²) >= 11 is 0. The van der Waals surface area contributed by atoms with Crippen molar-refractivity contribution in [1.82, 2.24) is 9.80 Å². The second-order valence-corrected chi connectivity index (χ2v) is 11.7. The Labute approximate surface area is 222 Å². The lowest BCUT2D eigenvalue weighted by Gasteiger charge is -2.46. The minimum absolute atomic E-state index is 0.0358. The fourth-order valence-electron chi connectivity index (χ4n) is 7.49. The van der Waals surface area contributed by atoms with Crippen LogP contribution in [-0.2, 0) is 9.53 Å². The third kappa shape index (κ3) is 4.81. The van der Waals surface area contributed by atoms with Gasteiger partial charge in [-0.05, 0) is 75.4 Å². The summed E-state index contributed by atoms with van der Waals surface area (Å²) in [5, 5.41) is 0. The van der Waals surface area contributed by atoms with Crippen molar-refractivity contribution in [3.8, 4) is 0 Å². The summed E-state index contributed by atoms with van der Waals surface area (Å²) in [6.45, 7) is 6.40. The van der Waals surface area contributed by atoms with Gasteiger partial charge in [0, 0.05) is 62.0 Å². The standard InChI is InChI=1S/C30H36F3N3O2/c1-18-14-35(15-19(2)36(18)22-6-3-20(31)4-7-22)30(37)28-17-34(23-12-24-8-9-25(13-23)38-24)16-27(28)26-10-5-21(32)11-29(26)33/h3-7,10-11,18-19,23-25,27-28H,8-9,12-17H2,1-2H3/t18-,19+,23?,24?,25?,27-,28+/m0/s1. The van der Waals surface area contributed by atoms with Crippen LogP contribution in [-0.4, -0.2) is 72.2 Å². The number of amides is 1. The maximum atomic E-state index is 15.0. The smallest absolute Gasteiger partial charge is 0.227 e. The fraction of sp³-hybridized carbons (Fsp3) is 0.567. The molecule has 8 heteroatoms. The summed E-state index contributed by atoms with van der Waals surface area (Å²) in [6.07, 6.45) is 4.61. The molecule has 0 saturated carbocycles. The van der Waals surface area contributed by atoms with E-state index in [4.69, 9.17) is 4.74 Å². The lowest BCUT2D eigenvalue weighted by molar-refractivity contribution is -0.137. The summed E-state index contributed by atoms with van der Waals surface area (Å²) in [7, 11) is 0. The first-order valence-corrected chi connectivity index (χ1v) is 13.9. The first-order valence-electron chi connectivity index (χ1n) is 13.9. The van der Waals surface area contributed by atoms with Crippen molar-refractivity contribution in [2.45, 2.75) is 75.8 Å². The SMILES string of the molecule is C[C@@H]1CN(C(=O)[C@@H]2CN(C3CC4CCC(C3)O4)C[C@H]2c2ccc(F)cc2F)C[C@H](C)N1c1ccc(F)cc1. The van der Waals surface area contributed by atoms with Crippen LogP contribution in [0.25, 0.3) is 0 Å². The lowest BCUT2D eigenvalue weighted by Crippen LogP contribution is -2.59. The molecule has 6 rings (SSSR count). The number of benzene rings is 2. The Balaban J connectivity index is 1.23. The molecule has 1 amide bonds. The number of likely N-dealkylation sites (tertiary alicyclic amines) is 1. The normalized spacial score (nSPS) is 33.7. The topological polar surface area (TPSA) is 36.0 Å². The van der Waals surface area contributed by atoms with Gasteiger partial charge in [0.1, 0.15) is 17.5 Å². The predicted octanol–water partition coefficient (Wildman–Crippen LogP) is 4.96. The largest absolute Gasteiger partial charge is 0.375 e. The van der Waals surface area contributed by atoms with E-state index in [1.54, 1.807) is 12.1 Å². The average molecular weight is 528 g/mol. The Morgan fingerprint density at radius 2 is 1.47 bits per heavy atom. The Hall–Kier alpha value is -2.58. The Morgan fingerprint density at radius 1 is 0.842 bits per heavy atom. The number of piperazine rings is 1. The number of fused-ring (bicyclic) bond motifs is 2. The van der Waals surface area contributed by atoms with Gasteiger partial charge in [-0.1, -0.05) is 6.07 Å². The Kier molecular flexibility index (Phi) is 6.89. The van der Waals surface area contributed by atoms with Crippen LogP contribution in [0, 0.1) is 23.4 Å². The average Bonchev–Trinajstić information content (AvgIpc) is 3.47. The first kappa shape index (κ1) is 25.7. The van der Waals surface area contributed by atoms with Crippen molar-refractivity contribution in [3.63, 3.8) is 0 Å². The van der Waals surface area contributed by atoms with Crippen molar-refractivity contribution >= 4 is 11.6 Å². The zero-order valence-electron chi connectivity index (χ0n) is 22.0. The molecule has 4 fully saturated rings. The molecule has 0 spiro atoms. The fourth-order valence-corrected chi connectivity index (χ4v) is 7.49. The molecular formula is C30H36F3N3O2. The van der Waals surface area contributed by atoms with Gasteiger partial charge in [0.05, 0.1) is 18.1 Å². The molecular weight excluding hydrogens is 491 g/mol. The highest BCUT2D eigenvalue weighted by molar-refractivity contribution is 5.81. The number of carbonyl (C=O) groups is 1. The lowest BCUT2D eigenvalue weighted by atomic mass is 9.87. The number of hydrogen-bond acceptors (Lipinski definition) is 4. The van der Waals surface area contributed by atoms with Crippen LogP contribution >= 0.6 is 0 Å². The summed E-state index contributed by atoms with van der Waals surface area (Å²) in [4.78, 5) is 20.6. The predicted molar refractivity (Wildman–Crippen MR) is 139 cm³/mol. The molecule has 2 aromatic carbocycles. The van der Waals surface area contributed by atoms with Gasteiger partial charge in [-0.2, -0.15) is 0 Å². The van der Waals surface area contributed by atoms with Gasteiger partial charge in [0.15, 0.2) is 0 Å². The van der Waals surface area contributed by atoms with Gasteiger partial charge < -0.3 is 14.5 Å². The molecule has 2 aromatic rings. The molecule has 2 unspecified atom stereocenters. The number of rotatable bonds is 4. The molecule has 2 bridgehead atoms. The van der Waals surface area contributed by atoms with E-state index in [0.29, 0.717) is 37.8 Å². The van der Waals surface area contributed by atoms with Crippen LogP contribution in [0.5, 0.6) is 0 Å². The van der Waals surface area contributed by atoms with Gasteiger partial charge >= 0.3 is 0 Å². The molecule has 4 aliphatic heterocycles. The molecule has 4 aliphatic rings. The molecule has 38 heavy (non-hydrogen) atoms. The second kappa shape index (κ2) is 10.2. The highest BCUT2D eigenvalue weighted by Crippen LogP contribution is 2.42. The van der Waals surface area contributed by atoms with Crippen LogP contribution in [0.15, 0.2) is 42.5 Å². The van der Waals surface area contributed by atoms with Gasteiger partial charge in [0.2, 0.25) is 5.91 Å². The summed E-state index contributed by atoms with van der Waals surface area (Å²) in [5.74, 6) is -2.15. The minimum atomic E-state index is -0.607. The number of ether oxygens (including phenoxy) is 1. The summed E-state index contributed by atoms with van der Waals surface area (Å²) in [6, 6.07) is 10.6. The molecule has 0 aromatic heterocycles. The molecule has 6 atom stereocenters. The van der Waals surface area contributed by atoms with Crippen LogP contribution in [0.3, 0.4) is 0 Å². The molecule has 0 radical (unpaired) electrons. The van der Waals surface area contributed by atoms with Gasteiger partial charge in [0.25, 0.3) is 0 Å². The van der Waals surface area contributed by atoms with E-state index in [9.17, 15) is 13.6 Å². The van der Waals surface area contributed by atoms with E-state index in [1.165, 1.54) is 24.3 Å². The third-order valence-electron chi connectivity index (χ3n) is 9.16. The van der Waals surface area contributed by atoms with E-state index in [0.717, 1.165) is 37.4 Å². The van der Waals surface area contributed by atoms with Gasteiger partial charge in [-0.3, -0.25) is 9.69 Å². The maximum Gasteiger partial charge on any atom is 0.227 e. The maximum absolute atomic E-state index is 15.0. The van der Waals surface area contributed by atoms with Crippen molar-refractivity contribution in [3.05, 3.63) is 65.5 Å². The number of carbonyl (C=O) groups excluding carboxylic acids is 1. The number of nitrogens with zero attached hydrogens (tertiary/aromatic N) is 3. The molecule has 4 saturated heterocycles. The zero-order valence-corrected chi connectivity index (χ0v) is 22.0. The van der Waals surface area contributed by atoms with Crippen LogP contribution in [0.1, 0.15) is 51.0 Å². The molecule has 4 heterocycles. The van der Waals surface area contributed by atoms with E-state index in [-0.39, 0.29) is 41.9 Å². The minimum Gasteiger partial charge on any atom is -0.375 e. The monoisotopic (exact) mass is 527 g/mol. The number of anilines is 1. The molecule has 5 nitrogen and oxygen atoms in total. The van der Waals surface area contributed by atoms with Crippen molar-refractivity contribution < 1.29 is 22.7 Å². The number of halogens is 3. The number of hydrogen-bond donors (Lipinski definition) is 0.